The fraction of sp³-hybridized carbons (Fsp3) is 0.250. The first-order valence-electron chi connectivity index (χ1n) is 10.3. The lowest BCUT2D eigenvalue weighted by Crippen LogP contribution is -2.13. The molecule has 33 heavy (non-hydrogen) atoms. The van der Waals surface area contributed by atoms with Crippen LogP contribution in [0.25, 0.3) is 17.0 Å². The standard InChI is InChI=1S/C24H24ClN5O3/c1-13-6-11-16(26-22(31)14-7-9-15(10-8-14)23(32)33-5)12-17(13)20-27-21-18(25)19(24(2,3)4)28-30(21)29-20/h6-12,28H,1-5H3,(H,26,31). The number of esters is 1. The molecule has 0 aliphatic carbocycles. The lowest BCUT2D eigenvalue weighted by molar-refractivity contribution is 0.0600. The molecule has 4 rings (SSSR count). The van der Waals surface area contributed by atoms with Crippen molar-refractivity contribution in [3.8, 4) is 11.4 Å². The highest BCUT2D eigenvalue weighted by Crippen LogP contribution is 2.32. The second kappa shape index (κ2) is 8.37. The van der Waals surface area contributed by atoms with E-state index in [-0.39, 0.29) is 11.3 Å². The molecule has 8 nitrogen and oxygen atoms in total. The summed E-state index contributed by atoms with van der Waals surface area (Å²) in [5.41, 5.74) is 4.36. The highest BCUT2D eigenvalue weighted by molar-refractivity contribution is 6.34. The molecule has 0 atom stereocenters. The molecule has 1 amide bonds. The number of amides is 1. The van der Waals surface area contributed by atoms with Crippen LogP contribution in [0.15, 0.2) is 42.5 Å². The largest absolute Gasteiger partial charge is 0.465 e. The Hall–Kier alpha value is -3.65. The summed E-state index contributed by atoms with van der Waals surface area (Å²) in [6.45, 7) is 8.13. The van der Waals surface area contributed by atoms with E-state index in [0.717, 1.165) is 16.8 Å². The molecular weight excluding hydrogens is 442 g/mol. The summed E-state index contributed by atoms with van der Waals surface area (Å²) >= 11 is 6.55. The molecule has 0 radical (unpaired) electrons. The van der Waals surface area contributed by atoms with Crippen molar-refractivity contribution in [3.05, 3.63) is 69.9 Å². The van der Waals surface area contributed by atoms with Crippen molar-refractivity contribution in [2.45, 2.75) is 33.1 Å². The number of rotatable bonds is 4. The number of hydrogen-bond donors (Lipinski definition) is 2. The molecule has 2 heterocycles. The molecule has 0 fully saturated rings. The Labute approximate surface area is 195 Å². The topological polar surface area (TPSA) is 101 Å². The van der Waals surface area contributed by atoms with Crippen molar-refractivity contribution in [1.29, 1.82) is 0 Å². The van der Waals surface area contributed by atoms with Crippen LogP contribution in [0.2, 0.25) is 5.02 Å². The van der Waals surface area contributed by atoms with E-state index >= 15 is 0 Å². The molecule has 0 unspecified atom stereocenters. The highest BCUT2D eigenvalue weighted by atomic mass is 35.5. The number of carbonyl (C=O) groups excluding carboxylic acids is 2. The van der Waals surface area contributed by atoms with Crippen molar-refractivity contribution in [2.75, 3.05) is 12.4 Å². The Morgan fingerprint density at radius 2 is 1.76 bits per heavy atom. The minimum atomic E-state index is -0.455. The van der Waals surface area contributed by atoms with Gasteiger partial charge in [-0.05, 0) is 48.9 Å². The minimum Gasteiger partial charge on any atom is -0.465 e. The van der Waals surface area contributed by atoms with E-state index in [1.807, 2.05) is 25.1 Å². The second-order valence-corrected chi connectivity index (χ2v) is 9.15. The van der Waals surface area contributed by atoms with Crippen molar-refractivity contribution >= 4 is 34.8 Å². The molecule has 0 aliphatic heterocycles. The van der Waals surface area contributed by atoms with Crippen LogP contribution in [0.1, 0.15) is 52.7 Å². The molecule has 4 aromatic rings. The number of nitrogens with one attached hydrogen (secondary N) is 2. The van der Waals surface area contributed by atoms with Gasteiger partial charge in [-0.25, -0.2) is 9.78 Å². The third-order valence-corrected chi connectivity index (χ3v) is 5.65. The zero-order chi connectivity index (χ0) is 23.9. The molecule has 0 saturated heterocycles. The van der Waals surface area contributed by atoms with E-state index in [1.54, 1.807) is 28.9 Å². The summed E-state index contributed by atoms with van der Waals surface area (Å²) < 4.78 is 6.26. The zero-order valence-corrected chi connectivity index (χ0v) is 19.7. The van der Waals surface area contributed by atoms with E-state index in [1.165, 1.54) is 7.11 Å². The van der Waals surface area contributed by atoms with Crippen molar-refractivity contribution in [1.82, 2.24) is 19.8 Å². The molecule has 0 aliphatic rings. The summed E-state index contributed by atoms with van der Waals surface area (Å²) in [5.74, 6) is -0.257. The van der Waals surface area contributed by atoms with Crippen LogP contribution in [0.3, 0.4) is 0 Å². The predicted octanol–water partition coefficient (Wildman–Crippen LogP) is 5.02. The fourth-order valence-corrected chi connectivity index (χ4v) is 3.88. The Morgan fingerprint density at radius 1 is 1.09 bits per heavy atom. The number of halogens is 1. The van der Waals surface area contributed by atoms with E-state index in [9.17, 15) is 9.59 Å². The average Bonchev–Trinajstić information content (AvgIpc) is 3.33. The number of aromatic amines is 1. The first-order valence-corrected chi connectivity index (χ1v) is 10.7. The van der Waals surface area contributed by atoms with Crippen LogP contribution in [-0.4, -0.2) is 38.8 Å². The zero-order valence-electron chi connectivity index (χ0n) is 19.0. The van der Waals surface area contributed by atoms with Gasteiger partial charge in [-0.1, -0.05) is 38.4 Å². The lowest BCUT2D eigenvalue weighted by atomic mass is 9.92. The first-order chi connectivity index (χ1) is 15.6. The van der Waals surface area contributed by atoms with Crippen LogP contribution in [-0.2, 0) is 10.2 Å². The van der Waals surface area contributed by atoms with E-state index in [0.29, 0.717) is 33.3 Å². The smallest absolute Gasteiger partial charge is 0.337 e. The van der Waals surface area contributed by atoms with Crippen LogP contribution in [0.5, 0.6) is 0 Å². The molecule has 2 aromatic heterocycles. The monoisotopic (exact) mass is 465 g/mol. The van der Waals surface area contributed by atoms with Gasteiger partial charge in [-0.15, -0.1) is 5.10 Å². The molecule has 2 N–H and O–H groups in total. The average molecular weight is 466 g/mol. The number of anilines is 1. The third kappa shape index (κ3) is 4.34. The summed E-state index contributed by atoms with van der Waals surface area (Å²) in [6, 6.07) is 11.8. The van der Waals surface area contributed by atoms with Crippen LogP contribution >= 0.6 is 11.6 Å². The lowest BCUT2D eigenvalue weighted by Gasteiger charge is -2.16. The number of hydrogen-bond acceptors (Lipinski definition) is 5. The third-order valence-electron chi connectivity index (χ3n) is 5.30. The van der Waals surface area contributed by atoms with Crippen LogP contribution in [0.4, 0.5) is 5.69 Å². The molecule has 0 bridgehead atoms. The maximum Gasteiger partial charge on any atom is 0.337 e. The Morgan fingerprint density at radius 3 is 2.36 bits per heavy atom. The number of ether oxygens (including phenoxy) is 1. The van der Waals surface area contributed by atoms with Crippen molar-refractivity contribution in [2.24, 2.45) is 0 Å². The molecule has 2 aromatic carbocycles. The Bertz CT molecular complexity index is 1360. The summed E-state index contributed by atoms with van der Waals surface area (Å²) in [4.78, 5) is 28.9. The van der Waals surface area contributed by atoms with Gasteiger partial charge in [-0.2, -0.15) is 4.63 Å². The summed E-state index contributed by atoms with van der Waals surface area (Å²) in [6.07, 6.45) is 0. The van der Waals surface area contributed by atoms with Gasteiger partial charge in [0, 0.05) is 22.2 Å². The summed E-state index contributed by atoms with van der Waals surface area (Å²) in [7, 11) is 1.31. The highest BCUT2D eigenvalue weighted by Gasteiger charge is 2.24. The first kappa shape index (κ1) is 22.5. The predicted molar refractivity (Wildman–Crippen MR) is 127 cm³/mol. The SMILES string of the molecule is COC(=O)c1ccc(C(=O)Nc2ccc(C)c(-c3nc4c(Cl)c(C(C)(C)C)[nH]n4n3)c2)cc1. The molecule has 9 heteroatoms. The number of benzene rings is 2. The van der Waals surface area contributed by atoms with Gasteiger partial charge in [-0.3, -0.25) is 9.89 Å². The van der Waals surface area contributed by atoms with Gasteiger partial charge < -0.3 is 10.1 Å². The van der Waals surface area contributed by atoms with E-state index in [4.69, 9.17) is 11.6 Å². The summed E-state index contributed by atoms with van der Waals surface area (Å²) in [5, 5.41) is 11.2. The molecular formula is C24H24ClN5O3. The van der Waals surface area contributed by atoms with Gasteiger partial charge >= 0.3 is 5.97 Å². The molecule has 0 saturated carbocycles. The maximum absolute atomic E-state index is 12.7. The number of methoxy groups -OCH3 is 1. The number of H-pyrrole nitrogens is 1. The maximum atomic E-state index is 12.7. The van der Waals surface area contributed by atoms with Gasteiger partial charge in [0.1, 0.15) is 5.02 Å². The quantitative estimate of drug-likeness (QED) is 0.412. The normalized spacial score (nSPS) is 11.6. The number of aromatic nitrogens is 4. The molecule has 170 valence electrons. The van der Waals surface area contributed by atoms with Crippen LogP contribution in [0, 0.1) is 6.92 Å². The molecule has 0 spiro atoms. The number of nitrogens with zero attached hydrogens (tertiary/aromatic N) is 3. The number of carbonyl (C=O) groups is 2. The minimum absolute atomic E-state index is 0.172. The Kier molecular flexibility index (Phi) is 5.71. The number of aryl methyl sites for hydroxylation is 1. The van der Waals surface area contributed by atoms with Gasteiger partial charge in [0.15, 0.2) is 11.5 Å². The van der Waals surface area contributed by atoms with Crippen molar-refractivity contribution < 1.29 is 14.3 Å². The van der Waals surface area contributed by atoms with E-state index < -0.39 is 5.97 Å². The second-order valence-electron chi connectivity index (χ2n) is 8.77. The Balaban J connectivity index is 1.60. The van der Waals surface area contributed by atoms with E-state index in [2.05, 4.69) is 46.0 Å². The van der Waals surface area contributed by atoms with Crippen molar-refractivity contribution in [3.63, 3.8) is 0 Å². The van der Waals surface area contributed by atoms with Gasteiger partial charge in [0.05, 0.1) is 18.4 Å². The van der Waals surface area contributed by atoms with Gasteiger partial charge in [0.2, 0.25) is 0 Å². The number of fused-ring (bicyclic) bond motifs is 1. The fourth-order valence-electron chi connectivity index (χ4n) is 3.43. The van der Waals surface area contributed by atoms with Gasteiger partial charge in [0.25, 0.3) is 5.91 Å². The van der Waals surface area contributed by atoms with Crippen LogP contribution < -0.4 is 5.32 Å².